The van der Waals surface area contributed by atoms with Gasteiger partial charge >= 0.3 is 0 Å². The molecule has 38 heavy (non-hydrogen) atoms. The lowest BCUT2D eigenvalue weighted by Gasteiger charge is -2.33. The third-order valence-electron chi connectivity index (χ3n) is 6.36. The summed E-state index contributed by atoms with van der Waals surface area (Å²) < 4.78 is 34.2. The summed E-state index contributed by atoms with van der Waals surface area (Å²) >= 11 is 0. The van der Waals surface area contributed by atoms with E-state index in [9.17, 15) is 18.0 Å². The van der Waals surface area contributed by atoms with Gasteiger partial charge in [-0.05, 0) is 67.3 Å². The Morgan fingerprint density at radius 2 is 1.68 bits per heavy atom. The van der Waals surface area contributed by atoms with E-state index in [1.807, 2.05) is 32.0 Å². The highest BCUT2D eigenvalue weighted by Gasteiger charge is 2.34. The summed E-state index contributed by atoms with van der Waals surface area (Å²) in [6, 6.07) is 19.9. The van der Waals surface area contributed by atoms with Gasteiger partial charge in [0.1, 0.15) is 18.3 Å². The second kappa shape index (κ2) is 12.6. The summed E-state index contributed by atoms with van der Waals surface area (Å²) in [7, 11) is -1.03. The van der Waals surface area contributed by atoms with Crippen molar-refractivity contribution in [2.45, 2.75) is 44.7 Å². The number of hydrogen-bond donors (Lipinski definition) is 1. The smallest absolute Gasteiger partial charge is 0.264 e. The normalized spacial score (nSPS) is 11.9. The number of aryl methyl sites for hydroxylation is 2. The summed E-state index contributed by atoms with van der Waals surface area (Å²) in [5.41, 5.74) is 2.73. The monoisotopic (exact) mass is 537 g/mol. The fraction of sp³-hybridized carbons (Fsp3) is 0.310. The highest BCUT2D eigenvalue weighted by atomic mass is 32.2. The lowest BCUT2D eigenvalue weighted by Crippen LogP contribution is -2.51. The summed E-state index contributed by atoms with van der Waals surface area (Å²) in [5, 5.41) is 2.63. The van der Waals surface area contributed by atoms with Crippen molar-refractivity contribution >= 4 is 27.5 Å². The molecule has 0 saturated heterocycles. The van der Waals surface area contributed by atoms with Crippen molar-refractivity contribution in [3.05, 3.63) is 89.5 Å². The van der Waals surface area contributed by atoms with E-state index in [4.69, 9.17) is 4.74 Å². The number of hydrogen-bond acceptors (Lipinski definition) is 5. The second-order valence-corrected chi connectivity index (χ2v) is 10.9. The van der Waals surface area contributed by atoms with Gasteiger partial charge in [0.15, 0.2) is 0 Å². The molecule has 3 aromatic rings. The standard InChI is InChI=1S/C29H35N3O5S/c1-6-26(29(34)30-4)31(19-23-11-10-12-24(18-23)37-5)28(33)20-32(27-17-21(2)15-16-22(27)3)38(35,36)25-13-8-7-9-14-25/h7-18,26H,6,19-20H2,1-5H3,(H,30,34). The van der Waals surface area contributed by atoms with Crippen molar-refractivity contribution in [3.63, 3.8) is 0 Å². The lowest BCUT2D eigenvalue weighted by atomic mass is 10.1. The van der Waals surface area contributed by atoms with Crippen molar-refractivity contribution in [1.82, 2.24) is 10.2 Å². The molecule has 8 nitrogen and oxygen atoms in total. The Bertz CT molecular complexity index is 1380. The molecule has 0 aliphatic carbocycles. The number of rotatable bonds is 11. The van der Waals surface area contributed by atoms with Gasteiger partial charge in [0.05, 0.1) is 17.7 Å². The number of nitrogens with one attached hydrogen (secondary N) is 1. The molecule has 1 N–H and O–H groups in total. The molecule has 0 heterocycles. The average molecular weight is 538 g/mol. The van der Waals surface area contributed by atoms with E-state index in [-0.39, 0.29) is 17.3 Å². The van der Waals surface area contributed by atoms with Crippen LogP contribution in [0.15, 0.2) is 77.7 Å². The van der Waals surface area contributed by atoms with Gasteiger partial charge in [-0.1, -0.05) is 49.4 Å². The zero-order valence-corrected chi connectivity index (χ0v) is 23.3. The van der Waals surface area contributed by atoms with Crippen LogP contribution in [0.25, 0.3) is 0 Å². The van der Waals surface area contributed by atoms with Gasteiger partial charge in [-0.2, -0.15) is 0 Å². The number of sulfonamides is 1. The molecule has 0 aliphatic rings. The van der Waals surface area contributed by atoms with Crippen molar-refractivity contribution in [2.75, 3.05) is 25.0 Å². The van der Waals surface area contributed by atoms with Crippen molar-refractivity contribution < 1.29 is 22.7 Å². The molecule has 0 saturated carbocycles. The van der Waals surface area contributed by atoms with Crippen molar-refractivity contribution in [2.24, 2.45) is 0 Å². The number of carbonyl (C=O) groups is 2. The molecule has 0 radical (unpaired) electrons. The maximum Gasteiger partial charge on any atom is 0.264 e. The van der Waals surface area contributed by atoms with Crippen LogP contribution in [0.5, 0.6) is 5.75 Å². The number of carbonyl (C=O) groups excluding carboxylic acids is 2. The fourth-order valence-corrected chi connectivity index (χ4v) is 5.77. The lowest BCUT2D eigenvalue weighted by molar-refractivity contribution is -0.140. The van der Waals surface area contributed by atoms with E-state index in [0.29, 0.717) is 23.4 Å². The third kappa shape index (κ3) is 6.52. The van der Waals surface area contributed by atoms with Crippen LogP contribution in [0.4, 0.5) is 5.69 Å². The summed E-state index contributed by atoms with van der Waals surface area (Å²) in [5.74, 6) is -0.205. The summed E-state index contributed by atoms with van der Waals surface area (Å²) in [4.78, 5) is 28.3. The molecule has 202 valence electrons. The topological polar surface area (TPSA) is 96.0 Å². The molecular weight excluding hydrogens is 502 g/mol. The van der Waals surface area contributed by atoms with Crippen LogP contribution in [0.1, 0.15) is 30.0 Å². The summed E-state index contributed by atoms with van der Waals surface area (Å²) in [6.45, 7) is 5.12. The van der Waals surface area contributed by atoms with Gasteiger partial charge in [-0.3, -0.25) is 13.9 Å². The number of nitrogens with zero attached hydrogens (tertiary/aromatic N) is 2. The van der Waals surface area contributed by atoms with E-state index in [1.54, 1.807) is 56.5 Å². The number of amides is 2. The van der Waals surface area contributed by atoms with Crippen LogP contribution in [-0.2, 0) is 26.2 Å². The molecule has 0 aromatic heterocycles. The largest absolute Gasteiger partial charge is 0.497 e. The first-order valence-electron chi connectivity index (χ1n) is 12.4. The number of methoxy groups -OCH3 is 1. The van der Waals surface area contributed by atoms with Crippen LogP contribution in [0.2, 0.25) is 0 Å². The first kappa shape index (κ1) is 28.7. The molecule has 0 spiro atoms. The Labute approximate surface area is 225 Å². The zero-order valence-electron chi connectivity index (χ0n) is 22.5. The minimum Gasteiger partial charge on any atom is -0.497 e. The third-order valence-corrected chi connectivity index (χ3v) is 8.14. The SMILES string of the molecule is CCC(C(=O)NC)N(Cc1cccc(OC)c1)C(=O)CN(c1cc(C)ccc1C)S(=O)(=O)c1ccccc1. The molecule has 2 amide bonds. The van der Waals surface area contributed by atoms with Gasteiger partial charge in [0, 0.05) is 13.6 Å². The van der Waals surface area contributed by atoms with E-state index in [2.05, 4.69) is 5.32 Å². The van der Waals surface area contributed by atoms with Crippen molar-refractivity contribution in [1.29, 1.82) is 0 Å². The second-order valence-electron chi connectivity index (χ2n) is 9.03. The minimum atomic E-state index is -4.10. The van der Waals surface area contributed by atoms with E-state index in [0.717, 1.165) is 15.4 Å². The maximum atomic E-state index is 14.0. The average Bonchev–Trinajstić information content (AvgIpc) is 2.93. The van der Waals surface area contributed by atoms with Gasteiger partial charge < -0.3 is 15.0 Å². The highest BCUT2D eigenvalue weighted by Crippen LogP contribution is 2.28. The molecule has 9 heteroatoms. The van der Waals surface area contributed by atoms with Crippen LogP contribution in [0, 0.1) is 13.8 Å². The maximum absolute atomic E-state index is 14.0. The first-order valence-corrected chi connectivity index (χ1v) is 13.8. The Balaban J connectivity index is 2.09. The Morgan fingerprint density at radius 3 is 2.32 bits per heavy atom. The molecule has 0 bridgehead atoms. The Morgan fingerprint density at radius 1 is 0.974 bits per heavy atom. The predicted molar refractivity (Wildman–Crippen MR) is 149 cm³/mol. The van der Waals surface area contributed by atoms with Gasteiger partial charge in [-0.15, -0.1) is 0 Å². The number of benzene rings is 3. The first-order chi connectivity index (χ1) is 18.1. The van der Waals surface area contributed by atoms with Gasteiger partial charge in [-0.25, -0.2) is 8.42 Å². The van der Waals surface area contributed by atoms with Gasteiger partial charge in [0.2, 0.25) is 11.8 Å². The van der Waals surface area contributed by atoms with E-state index < -0.39 is 28.5 Å². The number of likely N-dealkylation sites (N-methyl/N-ethyl adjacent to an activating group) is 1. The van der Waals surface area contributed by atoms with E-state index >= 15 is 0 Å². The minimum absolute atomic E-state index is 0.0754. The molecule has 1 unspecified atom stereocenters. The molecule has 0 fully saturated rings. The molecule has 3 aromatic carbocycles. The summed E-state index contributed by atoms with van der Waals surface area (Å²) in [6.07, 6.45) is 0.351. The Kier molecular flexibility index (Phi) is 9.52. The molecule has 1 atom stereocenters. The number of ether oxygens (including phenoxy) is 1. The number of anilines is 1. The van der Waals surface area contributed by atoms with E-state index in [1.165, 1.54) is 24.1 Å². The van der Waals surface area contributed by atoms with Crippen molar-refractivity contribution in [3.8, 4) is 5.75 Å². The van der Waals surface area contributed by atoms with Crippen LogP contribution >= 0.6 is 0 Å². The highest BCUT2D eigenvalue weighted by molar-refractivity contribution is 7.92. The predicted octanol–water partition coefficient (Wildman–Crippen LogP) is 4.06. The fourth-order valence-electron chi connectivity index (χ4n) is 4.27. The zero-order chi connectivity index (χ0) is 27.9. The van der Waals surface area contributed by atoms with Gasteiger partial charge in [0.25, 0.3) is 10.0 Å². The quantitative estimate of drug-likeness (QED) is 0.398. The molecular formula is C29H35N3O5S. The van der Waals surface area contributed by atoms with Crippen LogP contribution < -0.4 is 14.4 Å². The molecule has 0 aliphatic heterocycles. The molecule has 3 rings (SSSR count). The van der Waals surface area contributed by atoms with Crippen LogP contribution in [-0.4, -0.2) is 51.9 Å². The Hall–Kier alpha value is -3.85. The van der Waals surface area contributed by atoms with Crippen LogP contribution in [0.3, 0.4) is 0 Å².